The first kappa shape index (κ1) is 10.3. The first-order valence-electron chi connectivity index (χ1n) is 3.53. The van der Waals surface area contributed by atoms with Gasteiger partial charge >= 0.3 is 20.8 Å². The minimum absolute atomic E-state index is 0.272. The topological polar surface area (TPSA) is 105 Å². The maximum absolute atomic E-state index is 10.7. The molecule has 0 saturated carbocycles. The Kier molecular flexibility index (Phi) is 2.28. The second-order valence-electron chi connectivity index (χ2n) is 2.65. The van der Waals surface area contributed by atoms with Crippen LogP contribution in [0.15, 0.2) is 0 Å². The Morgan fingerprint density at radius 2 is 1.14 bits per heavy atom. The van der Waals surface area contributed by atoms with Crippen LogP contribution in [0.1, 0.15) is 0 Å². The molecule has 14 heavy (non-hydrogen) atoms. The van der Waals surface area contributed by atoms with Gasteiger partial charge in [0.2, 0.25) is 0 Å². The number of hydrogen-bond acceptors (Lipinski definition) is 8. The molecule has 2 saturated heterocycles. The van der Waals surface area contributed by atoms with E-state index in [1.54, 1.807) is 0 Å². The van der Waals surface area contributed by atoms with Crippen molar-refractivity contribution in [3.05, 3.63) is 0 Å². The molecule has 0 aromatic heterocycles. The van der Waals surface area contributed by atoms with Gasteiger partial charge < -0.3 is 0 Å². The van der Waals surface area contributed by atoms with Crippen molar-refractivity contribution in [3.8, 4) is 0 Å². The van der Waals surface area contributed by atoms with E-state index < -0.39 is 33.0 Å². The van der Waals surface area contributed by atoms with Crippen LogP contribution in [-0.2, 0) is 37.5 Å². The molecule has 2 fully saturated rings. The largest absolute Gasteiger partial charge is 0.400 e. The highest BCUT2D eigenvalue weighted by Crippen LogP contribution is 2.23. The fraction of sp³-hybridized carbons (Fsp3) is 1.00. The quantitative estimate of drug-likeness (QED) is 0.539. The predicted octanol–water partition coefficient (Wildman–Crippen LogP) is -1.69. The molecule has 10 heteroatoms. The van der Waals surface area contributed by atoms with Crippen molar-refractivity contribution in [3.63, 3.8) is 0 Å². The van der Waals surface area contributed by atoms with Gasteiger partial charge in [0.1, 0.15) is 12.2 Å². The molecule has 0 aromatic rings. The maximum atomic E-state index is 10.7. The highest BCUT2D eigenvalue weighted by Gasteiger charge is 2.43. The van der Waals surface area contributed by atoms with Crippen molar-refractivity contribution in [2.75, 3.05) is 13.2 Å². The van der Waals surface area contributed by atoms with Crippen LogP contribution in [0.3, 0.4) is 0 Å². The van der Waals surface area contributed by atoms with Crippen molar-refractivity contribution in [1.29, 1.82) is 0 Å². The normalized spacial score (nSPS) is 40.0. The van der Waals surface area contributed by atoms with Gasteiger partial charge in [0.05, 0.1) is 13.2 Å². The number of hydrogen-bond donors (Lipinski definition) is 0. The molecule has 2 rings (SSSR count). The average molecular weight is 246 g/mol. The van der Waals surface area contributed by atoms with Gasteiger partial charge in [0.15, 0.2) is 0 Å². The molecule has 0 spiro atoms. The molecule has 0 radical (unpaired) electrons. The van der Waals surface area contributed by atoms with Crippen LogP contribution >= 0.6 is 0 Å². The third-order valence-electron chi connectivity index (χ3n) is 1.65. The van der Waals surface area contributed by atoms with Gasteiger partial charge in [-0.3, -0.25) is 0 Å². The molecule has 0 N–H and O–H groups in total. The van der Waals surface area contributed by atoms with Crippen molar-refractivity contribution >= 4 is 20.8 Å². The van der Waals surface area contributed by atoms with Gasteiger partial charge in [-0.25, -0.2) is 16.7 Å². The fourth-order valence-corrected chi connectivity index (χ4v) is 2.73. The molecule has 0 aliphatic carbocycles. The summed E-state index contributed by atoms with van der Waals surface area (Å²) in [6, 6.07) is 0. The van der Waals surface area contributed by atoms with E-state index in [-0.39, 0.29) is 13.2 Å². The molecule has 0 unspecified atom stereocenters. The Bertz CT molecular complexity index is 378. The third-order valence-corrected chi connectivity index (χ3v) is 3.47. The summed E-state index contributed by atoms with van der Waals surface area (Å²) in [6.07, 6.45) is -1.95. The molecule has 2 aliphatic rings. The highest BCUT2D eigenvalue weighted by molar-refractivity contribution is 7.82. The first-order chi connectivity index (χ1) is 6.38. The Labute approximate surface area is 80.4 Å². The van der Waals surface area contributed by atoms with E-state index in [1.807, 2.05) is 0 Å². The number of rotatable bonds is 1. The van der Waals surface area contributed by atoms with Gasteiger partial charge in [0.25, 0.3) is 0 Å². The minimum Gasteiger partial charge on any atom is -0.245 e. The Balaban J connectivity index is 2.06. The van der Waals surface area contributed by atoms with Crippen molar-refractivity contribution in [2.45, 2.75) is 12.2 Å². The average Bonchev–Trinajstić information content (AvgIpc) is 2.54. The zero-order valence-electron chi connectivity index (χ0n) is 6.65. The van der Waals surface area contributed by atoms with Gasteiger partial charge in [-0.05, 0) is 0 Å². The SMILES string of the molecule is O=S1(=O)OC[C@H]([C@H]2COS(=O)(=O)O2)O1. The summed E-state index contributed by atoms with van der Waals surface area (Å²) >= 11 is 0. The van der Waals surface area contributed by atoms with E-state index in [0.717, 1.165) is 0 Å². The lowest BCUT2D eigenvalue weighted by Gasteiger charge is -2.08. The summed E-state index contributed by atoms with van der Waals surface area (Å²) in [7, 11) is -8.00. The van der Waals surface area contributed by atoms with Crippen LogP contribution in [-0.4, -0.2) is 42.3 Å². The van der Waals surface area contributed by atoms with Gasteiger partial charge in [-0.15, -0.1) is 0 Å². The van der Waals surface area contributed by atoms with Crippen LogP contribution in [0.4, 0.5) is 0 Å². The van der Waals surface area contributed by atoms with Crippen LogP contribution in [0.25, 0.3) is 0 Å². The summed E-state index contributed by atoms with van der Waals surface area (Å²) in [5, 5.41) is 0. The second-order valence-corrected chi connectivity index (χ2v) is 5.14. The Morgan fingerprint density at radius 1 is 0.786 bits per heavy atom. The third kappa shape index (κ3) is 2.04. The molecule has 2 atom stereocenters. The van der Waals surface area contributed by atoms with E-state index in [0.29, 0.717) is 0 Å². The van der Waals surface area contributed by atoms with E-state index >= 15 is 0 Å². The lowest BCUT2D eigenvalue weighted by molar-refractivity contribution is 0.0847. The molecule has 8 nitrogen and oxygen atoms in total. The van der Waals surface area contributed by atoms with Crippen molar-refractivity contribution in [1.82, 2.24) is 0 Å². The van der Waals surface area contributed by atoms with E-state index in [4.69, 9.17) is 0 Å². The zero-order valence-corrected chi connectivity index (χ0v) is 8.28. The van der Waals surface area contributed by atoms with E-state index in [2.05, 4.69) is 16.7 Å². The molecular weight excluding hydrogens is 240 g/mol. The summed E-state index contributed by atoms with van der Waals surface area (Å²) in [4.78, 5) is 0. The monoisotopic (exact) mass is 246 g/mol. The molecule has 0 amide bonds. The van der Waals surface area contributed by atoms with Gasteiger partial charge in [-0.2, -0.15) is 16.8 Å². The van der Waals surface area contributed by atoms with Gasteiger partial charge in [-0.1, -0.05) is 0 Å². The standard InChI is InChI=1S/C4H6O8S2/c5-13(6)9-1-3(11-13)4-2-10-14(7,8)12-4/h3-4H,1-2H2/t3-,4-/m1/s1. The highest BCUT2D eigenvalue weighted by atomic mass is 32.3. The molecule has 82 valence electrons. The smallest absolute Gasteiger partial charge is 0.245 e. The van der Waals surface area contributed by atoms with Crippen molar-refractivity contribution < 1.29 is 33.6 Å². The summed E-state index contributed by atoms with van der Waals surface area (Å²) in [5.41, 5.74) is 0. The van der Waals surface area contributed by atoms with Crippen molar-refractivity contribution in [2.24, 2.45) is 0 Å². The second kappa shape index (κ2) is 3.12. The lowest BCUT2D eigenvalue weighted by Crippen LogP contribution is -2.30. The molecule has 0 bridgehead atoms. The molecule has 2 aliphatic heterocycles. The molecular formula is C4H6O8S2. The Hall–Kier alpha value is -0.260. The Morgan fingerprint density at radius 3 is 1.36 bits per heavy atom. The maximum Gasteiger partial charge on any atom is 0.400 e. The lowest BCUT2D eigenvalue weighted by atomic mass is 10.2. The molecule has 2 heterocycles. The van der Waals surface area contributed by atoms with E-state index in [1.165, 1.54) is 0 Å². The zero-order chi connectivity index (χ0) is 10.4. The van der Waals surface area contributed by atoms with Gasteiger partial charge in [0, 0.05) is 0 Å². The van der Waals surface area contributed by atoms with Crippen LogP contribution in [0.2, 0.25) is 0 Å². The minimum atomic E-state index is -4.00. The summed E-state index contributed by atoms with van der Waals surface area (Å²) in [6.45, 7) is -0.544. The summed E-state index contributed by atoms with van der Waals surface area (Å²) < 4.78 is 60.0. The molecule has 0 aromatic carbocycles. The van der Waals surface area contributed by atoms with E-state index in [9.17, 15) is 16.8 Å². The summed E-state index contributed by atoms with van der Waals surface area (Å²) in [5.74, 6) is 0. The van der Waals surface area contributed by atoms with Crippen LogP contribution in [0, 0.1) is 0 Å². The van der Waals surface area contributed by atoms with Crippen LogP contribution < -0.4 is 0 Å². The first-order valence-corrected chi connectivity index (χ1v) is 6.20. The van der Waals surface area contributed by atoms with Crippen LogP contribution in [0.5, 0.6) is 0 Å². The fourth-order valence-electron chi connectivity index (χ4n) is 1.05. The predicted molar refractivity (Wildman–Crippen MR) is 39.5 cm³/mol.